The molecule has 0 unspecified atom stereocenters. The average Bonchev–Trinajstić information content (AvgIpc) is 2.90. The lowest BCUT2D eigenvalue weighted by molar-refractivity contribution is -0.127. The molecule has 1 aliphatic rings. The number of carbonyl (C=O) groups excluding carboxylic acids is 3. The van der Waals surface area contributed by atoms with Crippen LogP contribution in [0.3, 0.4) is 0 Å². The van der Waals surface area contributed by atoms with Gasteiger partial charge in [-0.3, -0.25) is 24.3 Å². The highest BCUT2D eigenvalue weighted by atomic mass is 16.5. The van der Waals surface area contributed by atoms with Crippen molar-refractivity contribution in [2.75, 3.05) is 25.2 Å². The molecule has 9 heteroatoms. The number of carbonyl (C=O) groups is 3. The molecule has 0 saturated carbocycles. The van der Waals surface area contributed by atoms with Crippen molar-refractivity contribution in [2.24, 2.45) is 0 Å². The SMILES string of the molecule is COc1ccccc1OCC(=O)c1ccc2c(c1)N([C@@H](C)C(=O)NCc1ccccn1)C(=O)CO2. The Hall–Kier alpha value is -4.40. The minimum atomic E-state index is -0.830. The van der Waals surface area contributed by atoms with E-state index in [1.165, 1.54) is 12.0 Å². The molecular formula is C26H25N3O6. The van der Waals surface area contributed by atoms with Crippen molar-refractivity contribution in [3.63, 3.8) is 0 Å². The van der Waals surface area contributed by atoms with Gasteiger partial charge in [0.1, 0.15) is 11.8 Å². The van der Waals surface area contributed by atoms with Gasteiger partial charge in [0.25, 0.3) is 5.91 Å². The normalized spacial score (nSPS) is 13.3. The fraction of sp³-hybridized carbons (Fsp3) is 0.231. The first kappa shape index (κ1) is 23.7. The highest BCUT2D eigenvalue weighted by Crippen LogP contribution is 2.35. The molecule has 0 bridgehead atoms. The van der Waals surface area contributed by atoms with Crippen molar-refractivity contribution in [2.45, 2.75) is 19.5 Å². The van der Waals surface area contributed by atoms with E-state index in [0.717, 1.165) is 0 Å². The number of rotatable bonds is 9. The molecule has 1 aliphatic heterocycles. The predicted molar refractivity (Wildman–Crippen MR) is 128 cm³/mol. The topological polar surface area (TPSA) is 107 Å². The zero-order valence-electron chi connectivity index (χ0n) is 19.4. The number of anilines is 1. The zero-order valence-corrected chi connectivity index (χ0v) is 19.4. The summed E-state index contributed by atoms with van der Waals surface area (Å²) in [7, 11) is 1.52. The summed E-state index contributed by atoms with van der Waals surface area (Å²) < 4.78 is 16.4. The zero-order chi connectivity index (χ0) is 24.8. The number of pyridine rings is 1. The Morgan fingerprint density at radius 3 is 2.63 bits per heavy atom. The van der Waals surface area contributed by atoms with Gasteiger partial charge in [0.2, 0.25) is 5.91 Å². The quantitative estimate of drug-likeness (QED) is 0.474. The fourth-order valence-corrected chi connectivity index (χ4v) is 3.68. The summed E-state index contributed by atoms with van der Waals surface area (Å²) in [6, 6.07) is 16.4. The number of hydrogen-bond acceptors (Lipinski definition) is 7. The lowest BCUT2D eigenvalue weighted by Gasteiger charge is -2.33. The number of ketones is 1. The Morgan fingerprint density at radius 1 is 1.11 bits per heavy atom. The highest BCUT2D eigenvalue weighted by molar-refractivity contribution is 6.05. The second-order valence-corrected chi connectivity index (χ2v) is 7.81. The summed E-state index contributed by atoms with van der Waals surface area (Å²) in [5.41, 5.74) is 1.37. The van der Waals surface area contributed by atoms with Gasteiger partial charge in [-0.25, -0.2) is 0 Å². The number of Topliss-reactive ketones (excluding diaryl/α,β-unsaturated/α-hetero) is 1. The molecule has 1 N–H and O–H groups in total. The van der Waals surface area contributed by atoms with Gasteiger partial charge in [0.05, 0.1) is 25.0 Å². The largest absolute Gasteiger partial charge is 0.493 e. The van der Waals surface area contributed by atoms with Gasteiger partial charge < -0.3 is 19.5 Å². The smallest absolute Gasteiger partial charge is 0.265 e. The first-order valence-electron chi connectivity index (χ1n) is 11.0. The van der Waals surface area contributed by atoms with Crippen molar-refractivity contribution >= 4 is 23.3 Å². The Morgan fingerprint density at radius 2 is 1.89 bits per heavy atom. The van der Waals surface area contributed by atoms with E-state index in [1.54, 1.807) is 67.7 Å². The summed E-state index contributed by atoms with van der Waals surface area (Å²) in [5, 5.41) is 2.80. The monoisotopic (exact) mass is 475 g/mol. The van der Waals surface area contributed by atoms with E-state index < -0.39 is 6.04 Å². The van der Waals surface area contributed by atoms with Crippen LogP contribution in [0.1, 0.15) is 23.0 Å². The maximum Gasteiger partial charge on any atom is 0.265 e. The summed E-state index contributed by atoms with van der Waals surface area (Å²) in [5.74, 6) is 0.335. The van der Waals surface area contributed by atoms with Crippen LogP contribution in [0.2, 0.25) is 0 Å². The van der Waals surface area contributed by atoms with E-state index in [4.69, 9.17) is 14.2 Å². The lowest BCUT2D eigenvalue weighted by Crippen LogP contribution is -2.51. The third-order valence-electron chi connectivity index (χ3n) is 5.52. The maximum atomic E-state index is 12.9. The fourth-order valence-electron chi connectivity index (χ4n) is 3.68. The first-order chi connectivity index (χ1) is 17.0. The van der Waals surface area contributed by atoms with E-state index in [9.17, 15) is 14.4 Å². The van der Waals surface area contributed by atoms with Crippen molar-refractivity contribution < 1.29 is 28.6 Å². The van der Waals surface area contributed by atoms with Crippen molar-refractivity contribution in [1.82, 2.24) is 10.3 Å². The Labute approximate surface area is 202 Å². The number of methoxy groups -OCH3 is 1. The van der Waals surface area contributed by atoms with E-state index in [-0.39, 0.29) is 37.4 Å². The van der Waals surface area contributed by atoms with Crippen molar-refractivity contribution in [3.8, 4) is 17.2 Å². The van der Waals surface area contributed by atoms with Crippen molar-refractivity contribution in [1.29, 1.82) is 0 Å². The third kappa shape index (κ3) is 5.40. The molecule has 35 heavy (non-hydrogen) atoms. The third-order valence-corrected chi connectivity index (χ3v) is 5.52. The van der Waals surface area contributed by atoms with Gasteiger partial charge in [0, 0.05) is 11.8 Å². The molecular weight excluding hydrogens is 450 g/mol. The van der Waals surface area contributed by atoms with Gasteiger partial charge in [-0.05, 0) is 49.4 Å². The van der Waals surface area contributed by atoms with Crippen LogP contribution in [0.4, 0.5) is 5.69 Å². The molecule has 1 aromatic heterocycles. The van der Waals surface area contributed by atoms with Crippen molar-refractivity contribution in [3.05, 3.63) is 78.1 Å². The minimum absolute atomic E-state index is 0.199. The molecule has 2 heterocycles. The van der Waals surface area contributed by atoms with Gasteiger partial charge >= 0.3 is 0 Å². The Kier molecular flexibility index (Phi) is 7.25. The van der Waals surface area contributed by atoms with Gasteiger partial charge in [0.15, 0.2) is 30.5 Å². The van der Waals surface area contributed by atoms with E-state index in [0.29, 0.717) is 34.2 Å². The van der Waals surface area contributed by atoms with Crippen LogP contribution in [-0.4, -0.2) is 48.9 Å². The van der Waals surface area contributed by atoms with Crippen LogP contribution >= 0.6 is 0 Å². The molecule has 3 aromatic rings. The Bertz CT molecular complexity index is 1230. The number of amides is 2. The lowest BCUT2D eigenvalue weighted by atomic mass is 10.1. The number of nitrogens with one attached hydrogen (secondary N) is 1. The molecule has 2 amide bonds. The second-order valence-electron chi connectivity index (χ2n) is 7.81. The molecule has 0 spiro atoms. The van der Waals surface area contributed by atoms with Crippen LogP contribution in [0, 0.1) is 0 Å². The van der Waals surface area contributed by atoms with Gasteiger partial charge in [-0.1, -0.05) is 18.2 Å². The van der Waals surface area contributed by atoms with E-state index >= 15 is 0 Å². The number of benzene rings is 2. The summed E-state index contributed by atoms with van der Waals surface area (Å²) in [4.78, 5) is 44.0. The van der Waals surface area contributed by atoms with Crippen LogP contribution in [0.15, 0.2) is 66.9 Å². The molecule has 1 atom stereocenters. The summed E-state index contributed by atoms with van der Waals surface area (Å²) in [6.07, 6.45) is 1.64. The molecule has 2 aromatic carbocycles. The molecule has 0 fully saturated rings. The maximum absolute atomic E-state index is 12.9. The van der Waals surface area contributed by atoms with E-state index in [2.05, 4.69) is 10.3 Å². The standard InChI is InChI=1S/C26H25N3O6/c1-17(26(32)28-14-19-7-5-6-12-27-19)29-20-13-18(10-11-22(20)35-16-25(29)31)21(30)15-34-24-9-4-3-8-23(24)33-2/h3-13,17H,14-16H2,1-2H3,(H,28,32)/t17-/m0/s1. The number of fused-ring (bicyclic) bond motifs is 1. The second kappa shape index (κ2) is 10.7. The van der Waals surface area contributed by atoms with E-state index in [1.807, 2.05) is 6.07 Å². The van der Waals surface area contributed by atoms with Crippen LogP contribution in [0.25, 0.3) is 0 Å². The molecule has 0 aliphatic carbocycles. The molecule has 180 valence electrons. The molecule has 4 rings (SSSR count). The molecule has 0 saturated heterocycles. The summed E-state index contributed by atoms with van der Waals surface area (Å²) >= 11 is 0. The van der Waals surface area contributed by atoms with Crippen LogP contribution in [-0.2, 0) is 16.1 Å². The highest BCUT2D eigenvalue weighted by Gasteiger charge is 2.33. The molecule has 0 radical (unpaired) electrons. The van der Waals surface area contributed by atoms with Gasteiger partial charge in [-0.2, -0.15) is 0 Å². The Balaban J connectivity index is 1.49. The molecule has 9 nitrogen and oxygen atoms in total. The van der Waals surface area contributed by atoms with Crippen LogP contribution < -0.4 is 24.4 Å². The van der Waals surface area contributed by atoms with Gasteiger partial charge in [-0.15, -0.1) is 0 Å². The minimum Gasteiger partial charge on any atom is -0.493 e. The summed E-state index contributed by atoms with van der Waals surface area (Å²) in [6.45, 7) is 1.43. The number of para-hydroxylation sites is 2. The predicted octanol–water partition coefficient (Wildman–Crippen LogP) is 2.78. The first-order valence-corrected chi connectivity index (χ1v) is 11.0. The average molecular weight is 476 g/mol. The number of aromatic nitrogens is 1. The number of ether oxygens (including phenoxy) is 3. The number of nitrogens with zero attached hydrogens (tertiary/aromatic N) is 2. The number of hydrogen-bond donors (Lipinski definition) is 1. The van der Waals surface area contributed by atoms with Crippen LogP contribution in [0.5, 0.6) is 17.2 Å².